The molecule has 1 amide bonds. The van der Waals surface area contributed by atoms with Gasteiger partial charge in [0.1, 0.15) is 10.6 Å². The molecule has 3 rings (SSSR count). The lowest BCUT2D eigenvalue weighted by atomic mass is 10.3. The number of benzene rings is 1. The highest BCUT2D eigenvalue weighted by molar-refractivity contribution is 7.08. The maximum absolute atomic E-state index is 12.0. The van der Waals surface area contributed by atoms with Crippen LogP contribution in [0.15, 0.2) is 24.3 Å². The zero-order chi connectivity index (χ0) is 11.1. The zero-order valence-corrected chi connectivity index (χ0v) is 9.63. The molecule has 6 heteroatoms. The smallest absolute Gasteiger partial charge is 0.272 e. The molecule has 0 radical (unpaired) electrons. The number of rotatable bonds is 1. The third-order valence-electron chi connectivity index (χ3n) is 2.44. The van der Waals surface area contributed by atoms with Gasteiger partial charge in [0.15, 0.2) is 0 Å². The van der Waals surface area contributed by atoms with Crippen LogP contribution in [0.4, 0.5) is 5.69 Å². The largest absolute Gasteiger partial charge is 0.301 e. The highest BCUT2D eigenvalue weighted by Crippen LogP contribution is 2.29. The summed E-state index contributed by atoms with van der Waals surface area (Å²) in [4.78, 5) is 14.3. The predicted molar refractivity (Wildman–Crippen MR) is 61.9 cm³/mol. The van der Waals surface area contributed by atoms with Crippen molar-refractivity contribution in [3.8, 4) is 0 Å². The zero-order valence-electron chi connectivity index (χ0n) is 8.05. The van der Waals surface area contributed by atoms with E-state index in [2.05, 4.69) is 9.59 Å². The van der Waals surface area contributed by atoms with Crippen molar-refractivity contribution in [1.82, 2.24) is 9.59 Å². The fraction of sp³-hybridized carbons (Fsp3) is 0.100. The third-order valence-corrected chi connectivity index (χ3v) is 3.45. The summed E-state index contributed by atoms with van der Waals surface area (Å²) in [5, 5.41) is 4.58. The minimum absolute atomic E-state index is 0.0349. The minimum atomic E-state index is -0.0349. The summed E-state index contributed by atoms with van der Waals surface area (Å²) in [7, 11) is 0. The van der Waals surface area contributed by atoms with Crippen molar-refractivity contribution < 1.29 is 4.79 Å². The van der Waals surface area contributed by atoms with E-state index < -0.39 is 0 Å². The highest BCUT2D eigenvalue weighted by Gasteiger charge is 2.31. The topological polar surface area (TPSA) is 46.1 Å². The molecular weight excluding hydrogens is 246 g/mol. The number of fused-ring (bicyclic) bond motifs is 1. The van der Waals surface area contributed by atoms with Crippen LogP contribution in [0, 0.1) is 0 Å². The summed E-state index contributed by atoms with van der Waals surface area (Å²) in [5.74, 6) is -0.0349. The quantitative estimate of drug-likeness (QED) is 0.782. The van der Waals surface area contributed by atoms with E-state index in [4.69, 9.17) is 11.6 Å². The van der Waals surface area contributed by atoms with Crippen molar-refractivity contribution in [3.05, 3.63) is 39.9 Å². The van der Waals surface area contributed by atoms with Crippen LogP contribution in [0.1, 0.15) is 15.4 Å². The van der Waals surface area contributed by atoms with Gasteiger partial charge < -0.3 is 4.90 Å². The average molecular weight is 252 g/mol. The molecule has 0 saturated carbocycles. The normalized spacial score (nSPS) is 14.3. The molecule has 80 valence electrons. The Bertz CT molecular complexity index is 551. The molecule has 0 atom stereocenters. The van der Waals surface area contributed by atoms with Crippen molar-refractivity contribution in [2.24, 2.45) is 0 Å². The molecule has 1 aromatic heterocycles. The van der Waals surface area contributed by atoms with Gasteiger partial charge in [-0.3, -0.25) is 4.79 Å². The number of anilines is 1. The van der Waals surface area contributed by atoms with E-state index in [1.165, 1.54) is 0 Å². The van der Waals surface area contributed by atoms with E-state index in [0.29, 0.717) is 16.4 Å². The summed E-state index contributed by atoms with van der Waals surface area (Å²) in [5.41, 5.74) is 1.59. The van der Waals surface area contributed by atoms with Crippen molar-refractivity contribution >= 4 is 34.7 Å². The molecule has 0 unspecified atom stereocenters. The standard InChI is InChI=1S/C10H6ClN3OS/c11-6-1-3-7(4-2-6)14-5-8-9(10(14)15)16-13-12-8/h1-4H,5H2. The fourth-order valence-corrected chi connectivity index (χ4v) is 2.39. The van der Waals surface area contributed by atoms with E-state index in [-0.39, 0.29) is 5.91 Å². The Hall–Kier alpha value is -1.46. The lowest BCUT2D eigenvalue weighted by Gasteiger charge is -2.15. The van der Waals surface area contributed by atoms with Crippen LogP contribution >= 0.6 is 23.1 Å². The van der Waals surface area contributed by atoms with E-state index >= 15 is 0 Å². The summed E-state index contributed by atoms with van der Waals surface area (Å²) < 4.78 is 3.76. The Balaban J connectivity index is 1.97. The molecule has 16 heavy (non-hydrogen) atoms. The molecule has 1 aromatic carbocycles. The third kappa shape index (κ3) is 1.40. The molecule has 0 spiro atoms. The van der Waals surface area contributed by atoms with E-state index in [9.17, 15) is 4.79 Å². The number of carbonyl (C=O) groups excluding carboxylic acids is 1. The molecule has 0 fully saturated rings. The maximum Gasteiger partial charge on any atom is 0.272 e. The SMILES string of the molecule is O=C1c2snnc2CN1c1ccc(Cl)cc1. The first-order valence-corrected chi connectivity index (χ1v) is 5.79. The summed E-state index contributed by atoms with van der Waals surface area (Å²) >= 11 is 6.94. The maximum atomic E-state index is 12.0. The van der Waals surface area contributed by atoms with Crippen molar-refractivity contribution in [2.75, 3.05) is 4.90 Å². The molecule has 1 aliphatic rings. The van der Waals surface area contributed by atoms with Gasteiger partial charge in [0.25, 0.3) is 5.91 Å². The Morgan fingerprint density at radius 3 is 2.75 bits per heavy atom. The van der Waals surface area contributed by atoms with E-state index in [1.54, 1.807) is 17.0 Å². The van der Waals surface area contributed by atoms with Gasteiger partial charge in [0.2, 0.25) is 0 Å². The van der Waals surface area contributed by atoms with E-state index in [0.717, 1.165) is 22.9 Å². The second-order valence-corrected chi connectivity index (χ2v) is 4.61. The summed E-state index contributed by atoms with van der Waals surface area (Å²) in [6.45, 7) is 0.492. The number of carbonyl (C=O) groups is 1. The lowest BCUT2D eigenvalue weighted by molar-refractivity contribution is 0.1000. The number of hydrogen-bond donors (Lipinski definition) is 0. The monoisotopic (exact) mass is 251 g/mol. The van der Waals surface area contributed by atoms with Gasteiger partial charge in [-0.25, -0.2) is 0 Å². The van der Waals surface area contributed by atoms with Crippen LogP contribution < -0.4 is 4.90 Å². The summed E-state index contributed by atoms with van der Waals surface area (Å²) in [6, 6.07) is 7.18. The van der Waals surface area contributed by atoms with Crippen LogP contribution in [0.2, 0.25) is 5.02 Å². The molecule has 2 aromatic rings. The molecule has 4 nitrogen and oxygen atoms in total. The van der Waals surface area contributed by atoms with Gasteiger partial charge in [0, 0.05) is 10.7 Å². The van der Waals surface area contributed by atoms with Crippen LogP contribution in [-0.2, 0) is 6.54 Å². The number of amides is 1. The van der Waals surface area contributed by atoms with Gasteiger partial charge in [-0.15, -0.1) is 5.10 Å². The second kappa shape index (κ2) is 3.54. The summed E-state index contributed by atoms with van der Waals surface area (Å²) in [6.07, 6.45) is 0. The second-order valence-electron chi connectivity index (χ2n) is 3.42. The molecule has 0 saturated heterocycles. The Morgan fingerprint density at radius 2 is 2.06 bits per heavy atom. The number of nitrogens with zero attached hydrogens (tertiary/aromatic N) is 3. The van der Waals surface area contributed by atoms with E-state index in [1.807, 2.05) is 12.1 Å². The van der Waals surface area contributed by atoms with Gasteiger partial charge >= 0.3 is 0 Å². The van der Waals surface area contributed by atoms with Gasteiger partial charge in [-0.2, -0.15) is 0 Å². The average Bonchev–Trinajstić information content (AvgIpc) is 2.84. The van der Waals surface area contributed by atoms with Gasteiger partial charge in [-0.05, 0) is 35.8 Å². The van der Waals surface area contributed by atoms with Crippen molar-refractivity contribution in [1.29, 1.82) is 0 Å². The first-order valence-electron chi connectivity index (χ1n) is 4.64. The predicted octanol–water partition coefficient (Wildman–Crippen LogP) is 2.35. The minimum Gasteiger partial charge on any atom is -0.301 e. The first-order chi connectivity index (χ1) is 7.75. The number of hydrogen-bond acceptors (Lipinski definition) is 4. The lowest BCUT2D eigenvalue weighted by Crippen LogP contribution is -2.22. The van der Waals surface area contributed by atoms with Crippen molar-refractivity contribution in [2.45, 2.75) is 6.54 Å². The molecule has 2 heterocycles. The fourth-order valence-electron chi connectivity index (χ4n) is 1.65. The van der Waals surface area contributed by atoms with Crippen LogP contribution in [0.3, 0.4) is 0 Å². The van der Waals surface area contributed by atoms with Crippen LogP contribution in [0.5, 0.6) is 0 Å². The van der Waals surface area contributed by atoms with Gasteiger partial charge in [0.05, 0.1) is 6.54 Å². The van der Waals surface area contributed by atoms with Gasteiger partial charge in [-0.1, -0.05) is 16.1 Å². The molecule has 0 aliphatic carbocycles. The molecule has 0 N–H and O–H groups in total. The molecular formula is C10H6ClN3OS. The Labute approximate surface area is 101 Å². The molecule has 1 aliphatic heterocycles. The Morgan fingerprint density at radius 1 is 1.31 bits per heavy atom. The Kier molecular flexibility index (Phi) is 2.15. The van der Waals surface area contributed by atoms with Crippen LogP contribution in [-0.4, -0.2) is 15.5 Å². The first kappa shape index (κ1) is 9.74. The van der Waals surface area contributed by atoms with Crippen LogP contribution in [0.25, 0.3) is 0 Å². The molecule has 0 bridgehead atoms. The number of aromatic nitrogens is 2. The highest BCUT2D eigenvalue weighted by atomic mass is 35.5. The number of halogens is 1. The van der Waals surface area contributed by atoms with Crippen molar-refractivity contribution in [3.63, 3.8) is 0 Å².